The van der Waals surface area contributed by atoms with E-state index in [4.69, 9.17) is 16.0 Å². The van der Waals surface area contributed by atoms with Crippen molar-refractivity contribution in [2.45, 2.75) is 58.7 Å². The number of carbonyl (C=O) groups excluding carboxylic acids is 1. The van der Waals surface area contributed by atoms with Crippen LogP contribution in [0.5, 0.6) is 0 Å². The van der Waals surface area contributed by atoms with E-state index in [1.165, 1.54) is 15.6 Å². The third kappa shape index (κ3) is 3.92. The van der Waals surface area contributed by atoms with E-state index in [-0.39, 0.29) is 5.91 Å². The molecular formula is C26H31ClN4OS. The van der Waals surface area contributed by atoms with Gasteiger partial charge in [0.2, 0.25) is 5.91 Å². The number of benzene rings is 2. The summed E-state index contributed by atoms with van der Waals surface area (Å²) >= 11 is 8.26. The number of carbonyl (C=O) groups is 1. The number of nitrogens with zero attached hydrogens (tertiary/aromatic N) is 4. The van der Waals surface area contributed by atoms with Crippen LogP contribution >= 0.6 is 23.1 Å². The van der Waals surface area contributed by atoms with Gasteiger partial charge in [0.05, 0.1) is 11.1 Å². The van der Waals surface area contributed by atoms with Crippen LogP contribution in [0.15, 0.2) is 30.3 Å². The van der Waals surface area contributed by atoms with Gasteiger partial charge in [-0.2, -0.15) is 4.37 Å². The number of rotatable bonds is 4. The van der Waals surface area contributed by atoms with Crippen molar-refractivity contribution < 1.29 is 4.79 Å². The smallest absolute Gasteiger partial charge is 0.231 e. The number of fused-ring (bicyclic) bond motifs is 2. The maximum Gasteiger partial charge on any atom is 0.231 e. The molecule has 0 saturated carbocycles. The van der Waals surface area contributed by atoms with Crippen LogP contribution in [0.4, 0.5) is 11.5 Å². The van der Waals surface area contributed by atoms with E-state index in [0.29, 0.717) is 24.5 Å². The first-order chi connectivity index (χ1) is 15.7. The molecule has 5 rings (SSSR count). The van der Waals surface area contributed by atoms with Crippen molar-refractivity contribution in [1.29, 1.82) is 0 Å². The van der Waals surface area contributed by atoms with Gasteiger partial charge in [-0.1, -0.05) is 29.8 Å². The zero-order valence-corrected chi connectivity index (χ0v) is 21.5. The van der Waals surface area contributed by atoms with E-state index >= 15 is 0 Å². The molecule has 174 valence electrons. The van der Waals surface area contributed by atoms with Crippen LogP contribution in [0.2, 0.25) is 5.02 Å². The molecule has 1 aromatic heterocycles. The molecule has 2 aliphatic heterocycles. The number of aromatic nitrogens is 1. The molecule has 0 spiro atoms. The van der Waals surface area contributed by atoms with Gasteiger partial charge in [0, 0.05) is 54.4 Å². The van der Waals surface area contributed by atoms with Gasteiger partial charge in [0.15, 0.2) is 5.82 Å². The number of halogens is 1. The minimum absolute atomic E-state index is 0.134. The molecule has 1 saturated heterocycles. The fraction of sp³-hybridized carbons (Fsp3) is 0.462. The Bertz CT molecular complexity index is 1210. The molecule has 7 heteroatoms. The number of likely N-dealkylation sites (N-methyl/N-ethyl adjacent to an activating group) is 1. The molecule has 5 nitrogen and oxygen atoms in total. The molecule has 3 heterocycles. The quantitative estimate of drug-likeness (QED) is 0.505. The van der Waals surface area contributed by atoms with E-state index in [2.05, 4.69) is 61.8 Å². The third-order valence-corrected chi connectivity index (χ3v) is 8.48. The zero-order valence-electron chi connectivity index (χ0n) is 19.9. The first-order valence-electron chi connectivity index (χ1n) is 11.7. The predicted octanol–water partition coefficient (Wildman–Crippen LogP) is 5.31. The van der Waals surface area contributed by atoms with Gasteiger partial charge in [0.1, 0.15) is 0 Å². The Labute approximate surface area is 205 Å². The van der Waals surface area contributed by atoms with Crippen molar-refractivity contribution in [3.05, 3.63) is 52.0 Å². The van der Waals surface area contributed by atoms with E-state index in [9.17, 15) is 4.79 Å². The van der Waals surface area contributed by atoms with Crippen LogP contribution in [0.25, 0.3) is 10.1 Å². The van der Waals surface area contributed by atoms with Crippen LogP contribution < -0.4 is 9.80 Å². The van der Waals surface area contributed by atoms with E-state index in [0.717, 1.165) is 47.2 Å². The second-order valence-corrected chi connectivity index (χ2v) is 11.0. The van der Waals surface area contributed by atoms with Gasteiger partial charge >= 0.3 is 0 Å². The van der Waals surface area contributed by atoms with Crippen molar-refractivity contribution in [1.82, 2.24) is 9.27 Å². The normalized spacial score (nSPS) is 22.3. The molecule has 0 radical (unpaired) electrons. The lowest BCUT2D eigenvalue weighted by Crippen LogP contribution is -2.60. The molecule has 3 unspecified atom stereocenters. The molecule has 0 bridgehead atoms. The van der Waals surface area contributed by atoms with E-state index < -0.39 is 0 Å². The van der Waals surface area contributed by atoms with Crippen molar-refractivity contribution >= 4 is 50.6 Å². The molecule has 2 aliphatic rings. The maximum absolute atomic E-state index is 12.1. The van der Waals surface area contributed by atoms with Crippen molar-refractivity contribution in [2.75, 3.05) is 29.9 Å². The molecule has 3 atom stereocenters. The van der Waals surface area contributed by atoms with Crippen LogP contribution in [0.3, 0.4) is 0 Å². The van der Waals surface area contributed by atoms with Gasteiger partial charge in [-0.3, -0.25) is 9.69 Å². The fourth-order valence-electron chi connectivity index (χ4n) is 5.84. The van der Waals surface area contributed by atoms with Crippen molar-refractivity contribution in [2.24, 2.45) is 0 Å². The van der Waals surface area contributed by atoms with Gasteiger partial charge in [-0.25, -0.2) is 0 Å². The number of hydrogen-bond acceptors (Lipinski definition) is 5. The summed E-state index contributed by atoms with van der Waals surface area (Å²) in [7, 11) is 1.82. The van der Waals surface area contributed by atoms with Crippen molar-refractivity contribution in [3.63, 3.8) is 0 Å². The number of piperazine rings is 1. The van der Waals surface area contributed by atoms with Gasteiger partial charge in [0.25, 0.3) is 0 Å². The third-order valence-electron chi connectivity index (χ3n) is 7.32. The molecular weight excluding hydrogens is 452 g/mol. The van der Waals surface area contributed by atoms with Gasteiger partial charge in [-0.15, -0.1) is 0 Å². The van der Waals surface area contributed by atoms with Gasteiger partial charge in [-0.05, 0) is 74.5 Å². The average molecular weight is 483 g/mol. The number of hydrogen-bond donors (Lipinski definition) is 0. The van der Waals surface area contributed by atoms with Gasteiger partial charge < -0.3 is 9.80 Å². The second-order valence-electron chi connectivity index (χ2n) is 9.76. The topological polar surface area (TPSA) is 39.7 Å². The summed E-state index contributed by atoms with van der Waals surface area (Å²) in [5, 5.41) is 2.05. The Hall–Kier alpha value is -2.15. The summed E-state index contributed by atoms with van der Waals surface area (Å²) in [5.74, 6) is 1.27. The number of anilines is 2. The lowest BCUT2D eigenvalue weighted by Gasteiger charge is -2.47. The first kappa shape index (κ1) is 22.6. The predicted molar refractivity (Wildman–Crippen MR) is 139 cm³/mol. The van der Waals surface area contributed by atoms with Crippen LogP contribution in [-0.4, -0.2) is 53.4 Å². The molecule has 2 aromatic carbocycles. The highest BCUT2D eigenvalue weighted by Gasteiger charge is 2.35. The summed E-state index contributed by atoms with van der Waals surface area (Å²) < 4.78 is 6.10. The molecule has 0 N–H and O–H groups in total. The highest BCUT2D eigenvalue weighted by molar-refractivity contribution is 7.13. The highest BCUT2D eigenvalue weighted by atomic mass is 35.5. The Morgan fingerprint density at radius 1 is 1.21 bits per heavy atom. The summed E-state index contributed by atoms with van der Waals surface area (Å²) in [6, 6.07) is 11.7. The molecule has 1 amide bonds. The Kier molecular flexibility index (Phi) is 5.88. The van der Waals surface area contributed by atoms with E-state index in [1.54, 1.807) is 16.4 Å². The largest absolute Gasteiger partial charge is 0.352 e. The Morgan fingerprint density at radius 2 is 1.94 bits per heavy atom. The standard InChI is InChI=1S/C26H31ClN4OS/c1-15-7-6-8-23-25(15)26(28-33-23)30-13-17(3)31(18(4)14-30)16(2)9-19-10-20-11-24(32)29(5)22(20)12-21(19)27/h6-8,10,12,16-18H,9,11,13-14H2,1-5H3. The minimum atomic E-state index is 0.134. The molecule has 1 fully saturated rings. The monoisotopic (exact) mass is 482 g/mol. The fourth-order valence-corrected chi connectivity index (χ4v) is 6.95. The van der Waals surface area contributed by atoms with Crippen molar-refractivity contribution in [3.8, 4) is 0 Å². The first-order valence-corrected chi connectivity index (χ1v) is 12.8. The maximum atomic E-state index is 12.1. The summed E-state index contributed by atoms with van der Waals surface area (Å²) in [5.41, 5.74) is 4.46. The summed E-state index contributed by atoms with van der Waals surface area (Å²) in [6.45, 7) is 11.0. The molecule has 3 aromatic rings. The van der Waals surface area contributed by atoms with Crippen LogP contribution in [0, 0.1) is 6.92 Å². The second kappa shape index (κ2) is 8.57. The summed E-state index contributed by atoms with van der Waals surface area (Å²) in [6.07, 6.45) is 1.34. The number of aryl methyl sites for hydroxylation is 1. The molecule has 0 aliphatic carbocycles. The minimum Gasteiger partial charge on any atom is -0.352 e. The Balaban J connectivity index is 1.34. The van der Waals surface area contributed by atoms with E-state index in [1.807, 2.05) is 13.1 Å². The molecule has 33 heavy (non-hydrogen) atoms. The zero-order chi connectivity index (χ0) is 23.4. The highest BCUT2D eigenvalue weighted by Crippen LogP contribution is 2.36. The average Bonchev–Trinajstić information content (AvgIpc) is 3.30. The van der Waals surface area contributed by atoms with Crippen LogP contribution in [-0.2, 0) is 17.6 Å². The summed E-state index contributed by atoms with van der Waals surface area (Å²) in [4.78, 5) is 18.9. The number of amides is 1. The Morgan fingerprint density at radius 3 is 2.67 bits per heavy atom. The lowest BCUT2D eigenvalue weighted by atomic mass is 9.97. The van der Waals surface area contributed by atoms with Crippen LogP contribution in [0.1, 0.15) is 37.5 Å². The SMILES string of the molecule is Cc1cccc2snc(N3CC(C)N(C(C)Cc4cc5c(cc4Cl)N(C)C(=O)C5)C(C)C3)c12. The lowest BCUT2D eigenvalue weighted by molar-refractivity contribution is -0.117.